The van der Waals surface area contributed by atoms with Crippen molar-refractivity contribution >= 4 is 5.96 Å². The highest BCUT2D eigenvalue weighted by atomic mass is 16.5. The van der Waals surface area contributed by atoms with Crippen LogP contribution in [0.15, 0.2) is 17.1 Å². The first-order chi connectivity index (χ1) is 14.5. The number of nitrogens with zero attached hydrogens (tertiary/aromatic N) is 3. The predicted molar refractivity (Wildman–Crippen MR) is 123 cm³/mol. The Morgan fingerprint density at radius 2 is 2.00 bits per heavy atom. The Morgan fingerprint density at radius 3 is 2.70 bits per heavy atom. The Morgan fingerprint density at radius 1 is 1.23 bits per heavy atom. The number of likely N-dealkylation sites (N-methyl/N-ethyl adjacent to an activating group) is 1. The van der Waals surface area contributed by atoms with Gasteiger partial charge in [0.05, 0.1) is 13.2 Å². The molecular formula is C23H39N5O2. The maximum atomic E-state index is 5.94. The van der Waals surface area contributed by atoms with E-state index < -0.39 is 0 Å². The van der Waals surface area contributed by atoms with Crippen LogP contribution >= 0.6 is 0 Å². The molecule has 0 radical (unpaired) electrons. The van der Waals surface area contributed by atoms with Crippen molar-refractivity contribution in [1.29, 1.82) is 0 Å². The first kappa shape index (κ1) is 22.7. The number of hydrogen-bond acceptors (Lipinski definition) is 5. The maximum Gasteiger partial charge on any atom is 0.191 e. The molecule has 7 heteroatoms. The highest BCUT2D eigenvalue weighted by molar-refractivity contribution is 5.79. The summed E-state index contributed by atoms with van der Waals surface area (Å²) >= 11 is 0. The first-order valence-corrected chi connectivity index (χ1v) is 11.4. The summed E-state index contributed by atoms with van der Waals surface area (Å²) in [5, 5.41) is 6.89. The van der Waals surface area contributed by atoms with Crippen LogP contribution in [-0.2, 0) is 13.0 Å². The van der Waals surface area contributed by atoms with Gasteiger partial charge in [-0.2, -0.15) is 0 Å². The van der Waals surface area contributed by atoms with E-state index in [4.69, 9.17) is 14.5 Å². The van der Waals surface area contributed by atoms with Crippen molar-refractivity contribution in [1.82, 2.24) is 20.4 Å². The fraction of sp³-hybridized carbons (Fsp3) is 0.696. The Labute approximate surface area is 181 Å². The molecule has 3 rings (SSSR count). The lowest BCUT2D eigenvalue weighted by atomic mass is 10.1. The van der Waals surface area contributed by atoms with Crippen LogP contribution in [0.25, 0.3) is 0 Å². The van der Waals surface area contributed by atoms with Crippen LogP contribution in [0.2, 0.25) is 0 Å². The van der Waals surface area contributed by atoms with Gasteiger partial charge in [0.25, 0.3) is 0 Å². The molecule has 2 N–H and O–H groups in total. The fourth-order valence-electron chi connectivity index (χ4n) is 4.04. The van der Waals surface area contributed by atoms with Gasteiger partial charge in [-0.25, -0.2) is 4.99 Å². The molecule has 0 bridgehead atoms. The number of nitrogens with one attached hydrogen (secondary N) is 2. The van der Waals surface area contributed by atoms with Gasteiger partial charge in [-0.3, -0.25) is 4.90 Å². The number of rotatable bonds is 8. The molecule has 168 valence electrons. The summed E-state index contributed by atoms with van der Waals surface area (Å²) in [5.74, 6) is 2.73. The Balaban J connectivity index is 1.63. The van der Waals surface area contributed by atoms with Crippen molar-refractivity contribution in [3.63, 3.8) is 0 Å². The predicted octanol–water partition coefficient (Wildman–Crippen LogP) is 2.10. The minimum Gasteiger partial charge on any atom is -0.494 e. The number of fused-ring (bicyclic) bond motifs is 1. The van der Waals surface area contributed by atoms with Crippen LogP contribution in [-0.4, -0.2) is 80.8 Å². The van der Waals surface area contributed by atoms with Crippen LogP contribution in [0.5, 0.6) is 11.5 Å². The van der Waals surface area contributed by atoms with E-state index >= 15 is 0 Å². The summed E-state index contributed by atoms with van der Waals surface area (Å²) in [4.78, 5) is 9.76. The molecule has 30 heavy (non-hydrogen) atoms. The number of aliphatic imine (C=N–C) groups is 1. The van der Waals surface area contributed by atoms with E-state index in [0.717, 1.165) is 68.7 Å². The van der Waals surface area contributed by atoms with E-state index in [1.807, 2.05) is 6.92 Å². The van der Waals surface area contributed by atoms with Crippen molar-refractivity contribution in [2.24, 2.45) is 4.99 Å². The van der Waals surface area contributed by atoms with Gasteiger partial charge in [0.15, 0.2) is 5.96 Å². The lowest BCUT2D eigenvalue weighted by Crippen LogP contribution is -2.52. The molecule has 1 aromatic carbocycles. The zero-order valence-corrected chi connectivity index (χ0v) is 19.3. The van der Waals surface area contributed by atoms with Gasteiger partial charge in [-0.05, 0) is 46.9 Å². The molecule has 1 aromatic rings. The number of piperazine rings is 1. The van der Waals surface area contributed by atoms with E-state index in [1.165, 1.54) is 5.56 Å². The third kappa shape index (κ3) is 6.01. The Kier molecular flexibility index (Phi) is 8.22. The molecule has 2 aliphatic rings. The van der Waals surface area contributed by atoms with Crippen molar-refractivity contribution in [3.05, 3.63) is 23.3 Å². The van der Waals surface area contributed by atoms with Gasteiger partial charge in [0, 0.05) is 62.9 Å². The zero-order chi connectivity index (χ0) is 21.5. The molecule has 0 aliphatic carbocycles. The summed E-state index contributed by atoms with van der Waals surface area (Å²) in [6.45, 7) is 15.9. The fourth-order valence-corrected chi connectivity index (χ4v) is 4.04. The molecule has 1 saturated heterocycles. The highest BCUT2D eigenvalue weighted by Crippen LogP contribution is 2.35. The molecule has 2 unspecified atom stereocenters. The lowest BCUT2D eigenvalue weighted by molar-refractivity contribution is 0.120. The Hall–Kier alpha value is -1.99. The van der Waals surface area contributed by atoms with E-state index in [-0.39, 0.29) is 6.10 Å². The summed E-state index contributed by atoms with van der Waals surface area (Å²) in [7, 11) is 2.19. The largest absolute Gasteiger partial charge is 0.494 e. The molecule has 0 amide bonds. The summed E-state index contributed by atoms with van der Waals surface area (Å²) < 4.78 is 11.8. The second-order valence-electron chi connectivity index (χ2n) is 8.40. The minimum atomic E-state index is 0.225. The van der Waals surface area contributed by atoms with Crippen molar-refractivity contribution in [3.8, 4) is 11.5 Å². The quantitative estimate of drug-likeness (QED) is 0.499. The van der Waals surface area contributed by atoms with Crippen LogP contribution in [0.4, 0.5) is 0 Å². The van der Waals surface area contributed by atoms with Gasteiger partial charge in [-0.15, -0.1) is 0 Å². The van der Waals surface area contributed by atoms with Crippen LogP contribution in [0.1, 0.15) is 38.8 Å². The lowest BCUT2D eigenvalue weighted by Gasteiger charge is -2.36. The molecule has 1 fully saturated rings. The number of ether oxygens (including phenoxy) is 2. The van der Waals surface area contributed by atoms with E-state index in [0.29, 0.717) is 19.2 Å². The molecule has 2 atom stereocenters. The number of guanidine groups is 1. The topological polar surface area (TPSA) is 61.4 Å². The van der Waals surface area contributed by atoms with Crippen molar-refractivity contribution < 1.29 is 9.47 Å². The standard InChI is InChI=1S/C23H39N5O2/c1-6-24-23(25-15-17(3)28-10-8-27(5)9-11-28)26-16-20-14-22-19(12-18(4)30-22)13-21(20)29-7-2/h13-14,17-18H,6-12,15-16H2,1-5H3,(H2,24,25,26). The van der Waals surface area contributed by atoms with Gasteiger partial charge >= 0.3 is 0 Å². The number of benzene rings is 1. The van der Waals surface area contributed by atoms with Gasteiger partial charge in [-0.1, -0.05) is 0 Å². The number of hydrogen-bond donors (Lipinski definition) is 2. The maximum absolute atomic E-state index is 5.94. The molecule has 0 aromatic heterocycles. The zero-order valence-electron chi connectivity index (χ0n) is 19.3. The second-order valence-corrected chi connectivity index (χ2v) is 8.40. The highest BCUT2D eigenvalue weighted by Gasteiger charge is 2.22. The van der Waals surface area contributed by atoms with Crippen LogP contribution < -0.4 is 20.1 Å². The third-order valence-electron chi connectivity index (χ3n) is 5.86. The SMILES string of the molecule is CCNC(=NCc1cc2c(cc1OCC)CC(C)O2)NCC(C)N1CCN(C)CC1. The molecule has 0 saturated carbocycles. The van der Waals surface area contributed by atoms with Crippen LogP contribution in [0, 0.1) is 0 Å². The molecular weight excluding hydrogens is 378 g/mol. The van der Waals surface area contributed by atoms with Crippen molar-refractivity contribution in [2.75, 3.05) is 52.9 Å². The summed E-state index contributed by atoms with van der Waals surface area (Å²) in [5.41, 5.74) is 2.29. The molecule has 0 spiro atoms. The second kappa shape index (κ2) is 10.9. The van der Waals surface area contributed by atoms with Gasteiger partial charge < -0.3 is 25.0 Å². The van der Waals surface area contributed by atoms with Crippen LogP contribution in [0.3, 0.4) is 0 Å². The van der Waals surface area contributed by atoms with Gasteiger partial charge in [0.2, 0.25) is 0 Å². The monoisotopic (exact) mass is 417 g/mol. The molecule has 7 nitrogen and oxygen atoms in total. The average molecular weight is 418 g/mol. The smallest absolute Gasteiger partial charge is 0.191 e. The van der Waals surface area contributed by atoms with E-state index in [9.17, 15) is 0 Å². The summed E-state index contributed by atoms with van der Waals surface area (Å²) in [6, 6.07) is 4.70. The summed E-state index contributed by atoms with van der Waals surface area (Å²) in [6.07, 6.45) is 1.16. The third-order valence-corrected chi connectivity index (χ3v) is 5.86. The minimum absolute atomic E-state index is 0.225. The first-order valence-electron chi connectivity index (χ1n) is 11.4. The van der Waals surface area contributed by atoms with E-state index in [1.54, 1.807) is 0 Å². The average Bonchev–Trinajstić information content (AvgIpc) is 3.09. The van der Waals surface area contributed by atoms with E-state index in [2.05, 4.69) is 60.4 Å². The molecule has 2 aliphatic heterocycles. The van der Waals surface area contributed by atoms with Crippen molar-refractivity contribution in [2.45, 2.75) is 52.8 Å². The Bertz CT molecular complexity index is 716. The van der Waals surface area contributed by atoms with Gasteiger partial charge in [0.1, 0.15) is 17.6 Å². The molecule has 2 heterocycles. The normalized spacial score (nSPS) is 21.1.